The number of hydrogen-bond acceptors (Lipinski definition) is 3. The molecule has 0 radical (unpaired) electrons. The van der Waals surface area contributed by atoms with E-state index in [4.69, 9.17) is 0 Å². The maximum atomic E-state index is 12.8. The largest absolute Gasteiger partial charge is 0.507 e. The van der Waals surface area contributed by atoms with Crippen molar-refractivity contribution < 1.29 is 15.0 Å². The number of phenols is 2. The van der Waals surface area contributed by atoms with Crippen LogP contribution in [0.4, 0.5) is 0 Å². The summed E-state index contributed by atoms with van der Waals surface area (Å²) >= 11 is 0. The lowest BCUT2D eigenvalue weighted by Gasteiger charge is -2.24. The molecule has 3 rings (SSSR count). The smallest absolute Gasteiger partial charge is 0.255 e. The monoisotopic (exact) mass is 339 g/mol. The maximum absolute atomic E-state index is 12.8. The summed E-state index contributed by atoms with van der Waals surface area (Å²) in [4.78, 5) is 12.8. The van der Waals surface area contributed by atoms with Crippen molar-refractivity contribution in [3.63, 3.8) is 0 Å². The number of rotatable bonds is 3. The van der Waals surface area contributed by atoms with Crippen molar-refractivity contribution in [1.82, 2.24) is 5.32 Å². The van der Waals surface area contributed by atoms with E-state index < -0.39 is 0 Å². The van der Waals surface area contributed by atoms with Crippen LogP contribution in [0, 0.1) is 13.8 Å². The molecule has 2 aromatic rings. The summed E-state index contributed by atoms with van der Waals surface area (Å²) in [5.74, 6) is -0.443. The Morgan fingerprint density at radius 2 is 1.80 bits per heavy atom. The van der Waals surface area contributed by atoms with Crippen LogP contribution in [-0.2, 0) is 0 Å². The minimum atomic E-state index is -0.268. The van der Waals surface area contributed by atoms with E-state index in [-0.39, 0.29) is 29.0 Å². The summed E-state index contributed by atoms with van der Waals surface area (Å²) in [5, 5.41) is 24.2. The van der Waals surface area contributed by atoms with Gasteiger partial charge in [-0.2, -0.15) is 0 Å². The van der Waals surface area contributed by atoms with Gasteiger partial charge in [0.15, 0.2) is 0 Å². The molecular weight excluding hydrogens is 314 g/mol. The van der Waals surface area contributed by atoms with E-state index >= 15 is 0 Å². The molecule has 4 nitrogen and oxygen atoms in total. The average molecular weight is 339 g/mol. The van der Waals surface area contributed by atoms with Crippen LogP contribution in [0.25, 0.3) is 11.1 Å². The molecule has 0 aromatic heterocycles. The number of aryl methyl sites for hydroxylation is 2. The maximum Gasteiger partial charge on any atom is 0.255 e. The molecule has 0 bridgehead atoms. The van der Waals surface area contributed by atoms with Gasteiger partial charge in [-0.1, -0.05) is 49.1 Å². The molecule has 0 saturated heterocycles. The van der Waals surface area contributed by atoms with E-state index in [0.717, 1.165) is 31.2 Å². The van der Waals surface area contributed by atoms with E-state index in [1.54, 1.807) is 13.0 Å². The Labute approximate surface area is 148 Å². The highest BCUT2D eigenvalue weighted by Crippen LogP contribution is 2.41. The molecule has 25 heavy (non-hydrogen) atoms. The number of carbonyl (C=O) groups excluding carboxylic acids is 1. The van der Waals surface area contributed by atoms with Gasteiger partial charge in [0.05, 0.1) is 11.1 Å². The molecule has 1 aliphatic carbocycles. The molecule has 0 unspecified atom stereocenters. The molecule has 0 heterocycles. The SMILES string of the molecule is Cc1cccc(-c2c(O)cc(C)c(C(=O)NC3CCCCC3)c2O)c1. The van der Waals surface area contributed by atoms with Gasteiger partial charge in [0.25, 0.3) is 5.91 Å². The first-order chi connectivity index (χ1) is 12.0. The lowest BCUT2D eigenvalue weighted by Crippen LogP contribution is -2.36. The first-order valence-electron chi connectivity index (χ1n) is 8.91. The zero-order valence-corrected chi connectivity index (χ0v) is 14.8. The number of hydrogen-bond donors (Lipinski definition) is 3. The minimum Gasteiger partial charge on any atom is -0.507 e. The van der Waals surface area contributed by atoms with E-state index in [9.17, 15) is 15.0 Å². The highest BCUT2D eigenvalue weighted by molar-refractivity contribution is 6.01. The summed E-state index contributed by atoms with van der Waals surface area (Å²) in [5.41, 5.74) is 2.84. The minimum absolute atomic E-state index is 0.0187. The highest BCUT2D eigenvalue weighted by Gasteiger charge is 2.24. The number of benzene rings is 2. The van der Waals surface area contributed by atoms with Crippen molar-refractivity contribution in [2.24, 2.45) is 0 Å². The summed E-state index contributed by atoms with van der Waals surface area (Å²) < 4.78 is 0. The number of aromatic hydroxyl groups is 2. The van der Waals surface area contributed by atoms with Gasteiger partial charge in [0.2, 0.25) is 0 Å². The van der Waals surface area contributed by atoms with Gasteiger partial charge in [-0.3, -0.25) is 4.79 Å². The van der Waals surface area contributed by atoms with Gasteiger partial charge in [0.1, 0.15) is 11.5 Å². The molecular formula is C21H25NO3. The molecule has 1 saturated carbocycles. The van der Waals surface area contributed by atoms with Crippen LogP contribution in [0.3, 0.4) is 0 Å². The molecule has 3 N–H and O–H groups in total. The van der Waals surface area contributed by atoms with Gasteiger partial charge in [-0.05, 0) is 43.9 Å². The fourth-order valence-corrected chi connectivity index (χ4v) is 3.66. The summed E-state index contributed by atoms with van der Waals surface area (Å²) in [6.45, 7) is 3.68. The Morgan fingerprint density at radius 3 is 2.48 bits per heavy atom. The van der Waals surface area contributed by atoms with Crippen LogP contribution in [0.15, 0.2) is 30.3 Å². The fraction of sp³-hybridized carbons (Fsp3) is 0.381. The lowest BCUT2D eigenvalue weighted by molar-refractivity contribution is 0.0924. The molecule has 2 aromatic carbocycles. The lowest BCUT2D eigenvalue weighted by atomic mass is 9.93. The molecule has 4 heteroatoms. The molecule has 132 valence electrons. The fourth-order valence-electron chi connectivity index (χ4n) is 3.66. The van der Waals surface area contributed by atoms with Gasteiger partial charge in [0, 0.05) is 6.04 Å². The van der Waals surface area contributed by atoms with Gasteiger partial charge in [-0.15, -0.1) is 0 Å². The van der Waals surface area contributed by atoms with Gasteiger partial charge >= 0.3 is 0 Å². The predicted octanol–water partition coefficient (Wildman–Crippen LogP) is 4.44. The number of phenolic OH excluding ortho intramolecular Hbond substituents is 2. The van der Waals surface area contributed by atoms with Crippen molar-refractivity contribution >= 4 is 5.91 Å². The number of amides is 1. The van der Waals surface area contributed by atoms with Crippen molar-refractivity contribution in [1.29, 1.82) is 0 Å². The summed E-state index contributed by atoms with van der Waals surface area (Å²) in [6, 6.07) is 9.23. The van der Waals surface area contributed by atoms with Crippen LogP contribution in [0.5, 0.6) is 11.5 Å². The topological polar surface area (TPSA) is 69.6 Å². The first-order valence-corrected chi connectivity index (χ1v) is 8.91. The summed E-state index contributed by atoms with van der Waals surface area (Å²) in [6.07, 6.45) is 5.43. The van der Waals surface area contributed by atoms with E-state index in [0.29, 0.717) is 16.7 Å². The zero-order valence-electron chi connectivity index (χ0n) is 14.8. The van der Waals surface area contributed by atoms with Crippen LogP contribution in [0.2, 0.25) is 0 Å². The van der Waals surface area contributed by atoms with Crippen molar-refractivity contribution in [2.75, 3.05) is 0 Å². The molecule has 0 aliphatic heterocycles. The second-order valence-electron chi connectivity index (χ2n) is 6.99. The quantitative estimate of drug-likeness (QED) is 0.774. The standard InChI is InChI=1S/C21H25NO3/c1-13-7-6-8-15(11-13)19-17(23)12-14(2)18(20(19)24)21(25)22-16-9-4-3-5-10-16/h6-8,11-12,16,23-24H,3-5,9-10H2,1-2H3,(H,22,25). The molecule has 0 atom stereocenters. The van der Waals surface area contributed by atoms with E-state index in [2.05, 4.69) is 5.32 Å². The molecule has 0 spiro atoms. The van der Waals surface area contributed by atoms with Crippen LogP contribution in [-0.4, -0.2) is 22.2 Å². The van der Waals surface area contributed by atoms with Crippen molar-refractivity contribution in [3.8, 4) is 22.6 Å². The first kappa shape index (κ1) is 17.3. The molecule has 1 amide bonds. The second kappa shape index (κ2) is 7.18. The van der Waals surface area contributed by atoms with Crippen molar-refractivity contribution in [3.05, 3.63) is 47.0 Å². The third-order valence-corrected chi connectivity index (χ3v) is 4.95. The van der Waals surface area contributed by atoms with E-state index in [1.807, 2.05) is 31.2 Å². The number of nitrogens with one attached hydrogen (secondary N) is 1. The third kappa shape index (κ3) is 3.63. The Morgan fingerprint density at radius 1 is 1.08 bits per heavy atom. The highest BCUT2D eigenvalue weighted by atomic mass is 16.3. The third-order valence-electron chi connectivity index (χ3n) is 4.95. The Hall–Kier alpha value is -2.49. The normalized spacial score (nSPS) is 15.1. The summed E-state index contributed by atoms with van der Waals surface area (Å²) in [7, 11) is 0. The zero-order chi connectivity index (χ0) is 18.0. The Balaban J connectivity index is 1.99. The Kier molecular flexibility index (Phi) is 4.98. The van der Waals surface area contributed by atoms with Gasteiger partial charge in [-0.25, -0.2) is 0 Å². The van der Waals surface area contributed by atoms with Crippen LogP contribution < -0.4 is 5.32 Å². The van der Waals surface area contributed by atoms with Crippen LogP contribution >= 0.6 is 0 Å². The van der Waals surface area contributed by atoms with Gasteiger partial charge < -0.3 is 15.5 Å². The predicted molar refractivity (Wildman–Crippen MR) is 99.0 cm³/mol. The Bertz CT molecular complexity index is 792. The van der Waals surface area contributed by atoms with E-state index in [1.165, 1.54) is 6.42 Å². The second-order valence-corrected chi connectivity index (χ2v) is 6.99. The number of carbonyl (C=O) groups is 1. The average Bonchev–Trinajstić information content (AvgIpc) is 2.55. The van der Waals surface area contributed by atoms with Crippen molar-refractivity contribution in [2.45, 2.75) is 52.0 Å². The van der Waals surface area contributed by atoms with Crippen LogP contribution in [0.1, 0.15) is 53.6 Å². The molecule has 1 aliphatic rings. The molecule has 1 fully saturated rings.